The Labute approximate surface area is 67.7 Å². The Balaban J connectivity index is 2.14. The van der Waals surface area contributed by atoms with E-state index < -0.39 is 0 Å². The quantitative estimate of drug-likeness (QED) is 0.537. The van der Waals surface area contributed by atoms with Gasteiger partial charge in [0.25, 0.3) is 0 Å². The molecule has 2 unspecified atom stereocenters. The predicted molar refractivity (Wildman–Crippen MR) is 45.2 cm³/mol. The van der Waals surface area contributed by atoms with Gasteiger partial charge in [0.2, 0.25) is 0 Å². The highest BCUT2D eigenvalue weighted by Crippen LogP contribution is 2.33. The smallest absolute Gasteiger partial charge is 0.0448 e. The predicted octanol–water partition coefficient (Wildman–Crippen LogP) is -0.489. The topological polar surface area (TPSA) is 55.3 Å². The summed E-state index contributed by atoms with van der Waals surface area (Å²) in [5.74, 6) is 0. The third-order valence-electron chi connectivity index (χ3n) is 3.27. The van der Waals surface area contributed by atoms with Gasteiger partial charge in [-0.2, -0.15) is 0 Å². The van der Waals surface area contributed by atoms with Crippen LogP contribution in [0.2, 0.25) is 0 Å². The van der Waals surface area contributed by atoms with Gasteiger partial charge >= 0.3 is 0 Å². The fourth-order valence-corrected chi connectivity index (χ4v) is 2.50. The first kappa shape index (κ1) is 7.53. The van der Waals surface area contributed by atoms with Gasteiger partial charge < -0.3 is 11.5 Å². The van der Waals surface area contributed by atoms with E-state index >= 15 is 0 Å². The maximum absolute atomic E-state index is 6.18. The Morgan fingerprint density at radius 1 is 1.45 bits per heavy atom. The number of hydrogen-bond donors (Lipinski definition) is 2. The first-order valence-corrected chi connectivity index (χ1v) is 4.49. The van der Waals surface area contributed by atoms with E-state index in [0.717, 1.165) is 6.42 Å². The maximum Gasteiger partial charge on any atom is 0.0448 e. The SMILES string of the molecule is NCC1(N)CCN2CCCC21. The molecule has 0 amide bonds. The van der Waals surface area contributed by atoms with Gasteiger partial charge in [-0.15, -0.1) is 0 Å². The molecule has 2 rings (SSSR count). The largest absolute Gasteiger partial charge is 0.329 e. The van der Waals surface area contributed by atoms with E-state index in [1.165, 1.54) is 25.9 Å². The normalized spacial score (nSPS) is 44.7. The van der Waals surface area contributed by atoms with Gasteiger partial charge in [-0.05, 0) is 25.8 Å². The van der Waals surface area contributed by atoms with E-state index in [9.17, 15) is 0 Å². The molecule has 64 valence electrons. The van der Waals surface area contributed by atoms with Crippen LogP contribution in [0.3, 0.4) is 0 Å². The number of fused-ring (bicyclic) bond motifs is 1. The highest BCUT2D eigenvalue weighted by atomic mass is 15.2. The third-order valence-corrected chi connectivity index (χ3v) is 3.27. The van der Waals surface area contributed by atoms with Crippen molar-refractivity contribution in [3.8, 4) is 0 Å². The van der Waals surface area contributed by atoms with Gasteiger partial charge in [-0.1, -0.05) is 0 Å². The molecule has 11 heavy (non-hydrogen) atoms. The summed E-state index contributed by atoms with van der Waals surface area (Å²) >= 11 is 0. The fraction of sp³-hybridized carbons (Fsp3) is 1.00. The zero-order chi connectivity index (χ0) is 7.90. The molecule has 2 heterocycles. The molecular weight excluding hydrogens is 138 g/mol. The highest BCUT2D eigenvalue weighted by Gasteiger charge is 2.45. The molecule has 2 saturated heterocycles. The molecule has 3 heteroatoms. The monoisotopic (exact) mass is 155 g/mol. The van der Waals surface area contributed by atoms with Crippen molar-refractivity contribution in [2.45, 2.75) is 30.8 Å². The van der Waals surface area contributed by atoms with E-state index in [0.29, 0.717) is 12.6 Å². The van der Waals surface area contributed by atoms with Gasteiger partial charge in [-0.25, -0.2) is 0 Å². The van der Waals surface area contributed by atoms with Crippen LogP contribution in [0.15, 0.2) is 0 Å². The Hall–Kier alpha value is -0.120. The average molecular weight is 155 g/mol. The molecule has 0 saturated carbocycles. The zero-order valence-corrected chi connectivity index (χ0v) is 6.92. The first-order chi connectivity index (χ1) is 5.26. The second-order valence-electron chi connectivity index (χ2n) is 3.88. The molecule has 0 aromatic carbocycles. The molecule has 2 fully saturated rings. The van der Waals surface area contributed by atoms with Crippen LogP contribution in [0, 0.1) is 0 Å². The van der Waals surface area contributed by atoms with Crippen molar-refractivity contribution in [3.63, 3.8) is 0 Å². The lowest BCUT2D eigenvalue weighted by molar-refractivity contribution is 0.268. The summed E-state index contributed by atoms with van der Waals surface area (Å²) in [7, 11) is 0. The van der Waals surface area contributed by atoms with Crippen LogP contribution >= 0.6 is 0 Å². The van der Waals surface area contributed by atoms with Crippen LogP contribution in [-0.4, -0.2) is 36.1 Å². The van der Waals surface area contributed by atoms with Crippen molar-refractivity contribution in [2.24, 2.45) is 11.5 Å². The molecule has 0 aromatic rings. The molecule has 0 aromatic heterocycles. The summed E-state index contributed by atoms with van der Waals surface area (Å²) in [6.45, 7) is 3.05. The highest BCUT2D eigenvalue weighted by molar-refractivity contribution is 5.06. The summed E-state index contributed by atoms with van der Waals surface area (Å²) in [5.41, 5.74) is 11.8. The van der Waals surface area contributed by atoms with Crippen molar-refractivity contribution in [2.75, 3.05) is 19.6 Å². The minimum absolute atomic E-state index is 0.0590. The molecule has 4 N–H and O–H groups in total. The van der Waals surface area contributed by atoms with E-state index in [1.807, 2.05) is 0 Å². The van der Waals surface area contributed by atoms with E-state index in [1.54, 1.807) is 0 Å². The molecule has 0 aliphatic carbocycles. The second-order valence-corrected chi connectivity index (χ2v) is 3.88. The van der Waals surface area contributed by atoms with Crippen molar-refractivity contribution in [3.05, 3.63) is 0 Å². The Morgan fingerprint density at radius 2 is 2.27 bits per heavy atom. The standard InChI is InChI=1S/C8H17N3/c9-6-8(10)3-5-11-4-1-2-7(8)11/h7H,1-6,9-10H2. The van der Waals surface area contributed by atoms with Crippen LogP contribution in [0.1, 0.15) is 19.3 Å². The van der Waals surface area contributed by atoms with E-state index in [4.69, 9.17) is 11.5 Å². The summed E-state index contributed by atoms with van der Waals surface area (Å²) in [4.78, 5) is 2.49. The summed E-state index contributed by atoms with van der Waals surface area (Å²) < 4.78 is 0. The Bertz CT molecular complexity index is 159. The van der Waals surface area contributed by atoms with Crippen molar-refractivity contribution in [1.82, 2.24) is 4.90 Å². The first-order valence-electron chi connectivity index (χ1n) is 4.49. The van der Waals surface area contributed by atoms with Crippen molar-refractivity contribution < 1.29 is 0 Å². The van der Waals surface area contributed by atoms with Gasteiger partial charge in [0.1, 0.15) is 0 Å². The Morgan fingerprint density at radius 3 is 3.00 bits per heavy atom. The maximum atomic E-state index is 6.18. The third kappa shape index (κ3) is 0.991. The Kier molecular flexibility index (Phi) is 1.67. The minimum Gasteiger partial charge on any atom is -0.329 e. The van der Waals surface area contributed by atoms with Crippen LogP contribution < -0.4 is 11.5 Å². The van der Waals surface area contributed by atoms with Crippen LogP contribution in [0.5, 0.6) is 0 Å². The molecule has 2 aliphatic heterocycles. The van der Waals surface area contributed by atoms with Gasteiger partial charge in [0.15, 0.2) is 0 Å². The minimum atomic E-state index is -0.0590. The molecule has 2 aliphatic rings. The number of nitrogens with two attached hydrogens (primary N) is 2. The van der Waals surface area contributed by atoms with Crippen LogP contribution in [0.25, 0.3) is 0 Å². The second kappa shape index (κ2) is 2.44. The van der Waals surface area contributed by atoms with Crippen LogP contribution in [-0.2, 0) is 0 Å². The summed E-state index contributed by atoms with van der Waals surface area (Å²) in [6, 6.07) is 0.590. The lowest BCUT2D eigenvalue weighted by atomic mass is 9.90. The fourth-order valence-electron chi connectivity index (χ4n) is 2.50. The molecule has 0 spiro atoms. The van der Waals surface area contributed by atoms with Gasteiger partial charge in [0, 0.05) is 24.7 Å². The van der Waals surface area contributed by atoms with Crippen molar-refractivity contribution >= 4 is 0 Å². The van der Waals surface area contributed by atoms with Crippen LogP contribution in [0.4, 0.5) is 0 Å². The molecular formula is C8H17N3. The summed E-state index contributed by atoms with van der Waals surface area (Å²) in [6.07, 6.45) is 3.66. The lowest BCUT2D eigenvalue weighted by Gasteiger charge is -2.29. The van der Waals surface area contributed by atoms with E-state index in [2.05, 4.69) is 4.90 Å². The molecule has 2 atom stereocenters. The van der Waals surface area contributed by atoms with Gasteiger partial charge in [0.05, 0.1) is 0 Å². The van der Waals surface area contributed by atoms with E-state index in [-0.39, 0.29) is 5.54 Å². The zero-order valence-electron chi connectivity index (χ0n) is 6.92. The molecule has 0 radical (unpaired) electrons. The molecule has 3 nitrogen and oxygen atoms in total. The van der Waals surface area contributed by atoms with Crippen molar-refractivity contribution in [1.29, 1.82) is 0 Å². The number of hydrogen-bond acceptors (Lipinski definition) is 3. The average Bonchev–Trinajstić information content (AvgIpc) is 2.55. The number of nitrogens with zero attached hydrogens (tertiary/aromatic N) is 1. The lowest BCUT2D eigenvalue weighted by Crippen LogP contribution is -2.54. The van der Waals surface area contributed by atoms with Gasteiger partial charge in [-0.3, -0.25) is 4.90 Å². The molecule has 0 bridgehead atoms. The summed E-state index contributed by atoms with van der Waals surface area (Å²) in [5, 5.41) is 0. The number of rotatable bonds is 1.